The van der Waals surface area contributed by atoms with Gasteiger partial charge >= 0.3 is 12.1 Å². The summed E-state index contributed by atoms with van der Waals surface area (Å²) < 4.78 is 5.58. The first-order valence-electron chi connectivity index (χ1n) is 11.6. The Kier molecular flexibility index (Phi) is 7.45. The van der Waals surface area contributed by atoms with Crippen molar-refractivity contribution < 1.29 is 24.2 Å². The number of hydrogen-bond acceptors (Lipinski definition) is 4. The summed E-state index contributed by atoms with van der Waals surface area (Å²) in [5.41, 5.74) is 5.25. The Morgan fingerprint density at radius 3 is 2.06 bits per heavy atom. The fourth-order valence-electron chi connectivity index (χ4n) is 4.54. The fraction of sp³-hybridized carbons (Fsp3) is 0.250. The van der Waals surface area contributed by atoms with Gasteiger partial charge in [-0.2, -0.15) is 0 Å². The molecule has 0 aromatic heterocycles. The number of aliphatic carboxylic acids is 1. The highest BCUT2D eigenvalue weighted by atomic mass is 16.5. The van der Waals surface area contributed by atoms with Gasteiger partial charge < -0.3 is 20.5 Å². The van der Waals surface area contributed by atoms with Crippen molar-refractivity contribution in [3.05, 3.63) is 95.6 Å². The molecule has 3 aromatic carbocycles. The number of carboxylic acids is 1. The molecule has 0 spiro atoms. The van der Waals surface area contributed by atoms with Crippen LogP contribution in [-0.2, 0) is 14.3 Å². The summed E-state index contributed by atoms with van der Waals surface area (Å²) in [7, 11) is 0. The normalized spacial score (nSPS) is 13.7. The van der Waals surface area contributed by atoms with Crippen molar-refractivity contribution >= 4 is 18.0 Å². The number of nitrogens with one attached hydrogen (secondary N) is 2. The van der Waals surface area contributed by atoms with Crippen molar-refractivity contribution in [2.75, 3.05) is 13.2 Å². The molecule has 2 atom stereocenters. The molecule has 0 heterocycles. The lowest BCUT2D eigenvalue weighted by molar-refractivity contribution is -0.137. The number of alkyl carbamates (subject to hydrolysis) is 1. The predicted molar refractivity (Wildman–Crippen MR) is 132 cm³/mol. The average molecular weight is 473 g/mol. The fourth-order valence-corrected chi connectivity index (χ4v) is 4.54. The average Bonchev–Trinajstić information content (AvgIpc) is 3.16. The van der Waals surface area contributed by atoms with Crippen molar-refractivity contribution in [1.82, 2.24) is 10.6 Å². The predicted octanol–water partition coefficient (Wildman–Crippen LogP) is 4.29. The minimum atomic E-state index is -0.995. The van der Waals surface area contributed by atoms with Crippen molar-refractivity contribution in [3.63, 3.8) is 0 Å². The van der Waals surface area contributed by atoms with Crippen LogP contribution in [0.3, 0.4) is 0 Å². The zero-order chi connectivity index (χ0) is 24.8. The van der Waals surface area contributed by atoms with Crippen molar-refractivity contribution in [3.8, 4) is 11.1 Å². The molecule has 180 valence electrons. The maximum atomic E-state index is 12.9. The van der Waals surface area contributed by atoms with Gasteiger partial charge in [-0.05, 0) is 34.7 Å². The SMILES string of the molecule is CC(CC(=O)O)NC(=O)C(CNC(=O)OCC1c2ccccc2-c2ccccc21)c1ccccc1. The topological polar surface area (TPSA) is 105 Å². The number of hydrogen-bond donors (Lipinski definition) is 3. The van der Waals surface area contributed by atoms with E-state index in [4.69, 9.17) is 9.84 Å². The molecule has 2 unspecified atom stereocenters. The van der Waals surface area contributed by atoms with Gasteiger partial charge in [0.1, 0.15) is 6.61 Å². The second-order valence-corrected chi connectivity index (χ2v) is 8.68. The van der Waals surface area contributed by atoms with Crippen LogP contribution in [0.4, 0.5) is 4.79 Å². The lowest BCUT2D eigenvalue weighted by Crippen LogP contribution is -2.42. The Hall–Kier alpha value is -4.13. The first-order valence-corrected chi connectivity index (χ1v) is 11.6. The van der Waals surface area contributed by atoms with Crippen molar-refractivity contribution in [2.24, 2.45) is 0 Å². The van der Waals surface area contributed by atoms with E-state index in [1.807, 2.05) is 42.5 Å². The molecule has 0 saturated heterocycles. The summed E-state index contributed by atoms with van der Waals surface area (Å²) in [5, 5.41) is 14.4. The van der Waals surface area contributed by atoms with Crippen LogP contribution in [0, 0.1) is 0 Å². The lowest BCUT2D eigenvalue weighted by atomic mass is 9.97. The Balaban J connectivity index is 1.39. The summed E-state index contributed by atoms with van der Waals surface area (Å²) in [6.07, 6.45) is -0.799. The summed E-state index contributed by atoms with van der Waals surface area (Å²) in [4.78, 5) is 36.5. The molecule has 0 radical (unpaired) electrons. The third-order valence-corrected chi connectivity index (χ3v) is 6.18. The van der Waals surface area contributed by atoms with E-state index in [-0.39, 0.29) is 31.4 Å². The van der Waals surface area contributed by atoms with Gasteiger partial charge in [-0.15, -0.1) is 0 Å². The second kappa shape index (κ2) is 10.9. The number of fused-ring (bicyclic) bond motifs is 3. The maximum absolute atomic E-state index is 12.9. The van der Waals surface area contributed by atoms with Crippen molar-refractivity contribution in [2.45, 2.75) is 31.2 Å². The number of ether oxygens (including phenoxy) is 1. The summed E-state index contributed by atoms with van der Waals surface area (Å²) in [6.45, 7) is 1.83. The number of carbonyl (C=O) groups excluding carboxylic acids is 2. The molecule has 2 amide bonds. The van der Waals surface area contributed by atoms with E-state index < -0.39 is 24.0 Å². The maximum Gasteiger partial charge on any atom is 0.407 e. The first-order chi connectivity index (χ1) is 16.9. The molecule has 0 fully saturated rings. The van der Waals surface area contributed by atoms with Crippen LogP contribution < -0.4 is 10.6 Å². The lowest BCUT2D eigenvalue weighted by Gasteiger charge is -2.21. The Bertz CT molecular complexity index is 1170. The van der Waals surface area contributed by atoms with Crippen LogP contribution >= 0.6 is 0 Å². The summed E-state index contributed by atoms with van der Waals surface area (Å²) >= 11 is 0. The third-order valence-electron chi connectivity index (χ3n) is 6.18. The monoisotopic (exact) mass is 472 g/mol. The molecule has 0 saturated carbocycles. The van der Waals surface area contributed by atoms with Gasteiger partial charge in [-0.25, -0.2) is 4.79 Å². The van der Waals surface area contributed by atoms with Gasteiger partial charge in [-0.1, -0.05) is 78.9 Å². The quantitative estimate of drug-likeness (QED) is 0.431. The Morgan fingerprint density at radius 2 is 1.46 bits per heavy atom. The van der Waals surface area contributed by atoms with E-state index in [9.17, 15) is 14.4 Å². The van der Waals surface area contributed by atoms with Gasteiger partial charge in [0, 0.05) is 18.5 Å². The van der Waals surface area contributed by atoms with E-state index in [1.54, 1.807) is 19.1 Å². The van der Waals surface area contributed by atoms with E-state index in [2.05, 4.69) is 34.9 Å². The highest BCUT2D eigenvalue weighted by Crippen LogP contribution is 2.44. The first kappa shape index (κ1) is 24.0. The van der Waals surface area contributed by atoms with Crippen LogP contribution in [0.2, 0.25) is 0 Å². The minimum Gasteiger partial charge on any atom is -0.481 e. The number of rotatable bonds is 9. The molecule has 7 nitrogen and oxygen atoms in total. The number of amides is 2. The third kappa shape index (κ3) is 5.69. The van der Waals surface area contributed by atoms with Gasteiger partial charge in [-0.3, -0.25) is 9.59 Å². The molecule has 1 aliphatic rings. The molecule has 4 rings (SSSR count). The molecule has 35 heavy (non-hydrogen) atoms. The standard InChI is InChI=1S/C28H28N2O5/c1-18(15-26(31)32)30-27(33)24(19-9-3-2-4-10-19)16-29-28(34)35-17-25-22-13-7-5-11-20(22)21-12-6-8-14-23(21)25/h2-14,18,24-25H,15-17H2,1H3,(H,29,34)(H,30,33)(H,31,32). The second-order valence-electron chi connectivity index (χ2n) is 8.68. The molecule has 3 N–H and O–H groups in total. The van der Waals surface area contributed by atoms with E-state index in [1.165, 1.54) is 0 Å². The number of carbonyl (C=O) groups is 3. The van der Waals surface area contributed by atoms with Gasteiger partial charge in [0.25, 0.3) is 0 Å². The zero-order valence-corrected chi connectivity index (χ0v) is 19.4. The Morgan fingerprint density at radius 1 is 0.886 bits per heavy atom. The number of carboxylic acid groups (broad SMARTS) is 1. The van der Waals surface area contributed by atoms with Gasteiger partial charge in [0.15, 0.2) is 0 Å². The van der Waals surface area contributed by atoms with E-state index >= 15 is 0 Å². The highest BCUT2D eigenvalue weighted by molar-refractivity contribution is 5.85. The van der Waals surface area contributed by atoms with Crippen molar-refractivity contribution in [1.29, 1.82) is 0 Å². The van der Waals surface area contributed by atoms with E-state index in [0.29, 0.717) is 5.56 Å². The minimum absolute atomic E-state index is 0.0202. The van der Waals surface area contributed by atoms with E-state index in [0.717, 1.165) is 22.3 Å². The molecule has 7 heteroatoms. The molecule has 3 aromatic rings. The van der Waals surface area contributed by atoms with Crippen LogP contribution in [0.5, 0.6) is 0 Å². The summed E-state index contributed by atoms with van der Waals surface area (Å²) in [6, 6.07) is 24.7. The highest BCUT2D eigenvalue weighted by Gasteiger charge is 2.29. The van der Waals surface area contributed by atoms with Crippen LogP contribution in [-0.4, -0.2) is 42.3 Å². The molecule has 1 aliphatic carbocycles. The molecular weight excluding hydrogens is 444 g/mol. The number of benzene rings is 3. The molecule has 0 bridgehead atoms. The largest absolute Gasteiger partial charge is 0.481 e. The van der Waals surface area contributed by atoms with Crippen LogP contribution in [0.15, 0.2) is 78.9 Å². The van der Waals surface area contributed by atoms with Crippen LogP contribution in [0.25, 0.3) is 11.1 Å². The molecular formula is C28H28N2O5. The Labute approximate surface area is 204 Å². The van der Waals surface area contributed by atoms with Crippen LogP contribution in [0.1, 0.15) is 41.9 Å². The smallest absolute Gasteiger partial charge is 0.407 e. The van der Waals surface area contributed by atoms with Gasteiger partial charge in [0.2, 0.25) is 5.91 Å². The zero-order valence-electron chi connectivity index (χ0n) is 19.4. The van der Waals surface area contributed by atoms with Gasteiger partial charge in [0.05, 0.1) is 12.3 Å². The summed E-state index contributed by atoms with van der Waals surface area (Å²) in [5.74, 6) is -2.10. The molecule has 0 aliphatic heterocycles.